The highest BCUT2D eigenvalue weighted by Gasteiger charge is 2.26. The summed E-state index contributed by atoms with van der Waals surface area (Å²) in [6.45, 7) is 3.38. The van der Waals surface area contributed by atoms with Crippen molar-refractivity contribution >= 4 is 27.7 Å². The number of rotatable bonds is 9. The number of carbonyl (C=O) groups excluding carboxylic acids is 2. The van der Waals surface area contributed by atoms with E-state index in [-0.39, 0.29) is 35.1 Å². The normalized spacial score (nSPS) is 11.3. The van der Waals surface area contributed by atoms with Crippen LogP contribution in [0.15, 0.2) is 53.7 Å². The highest BCUT2D eigenvalue weighted by molar-refractivity contribution is 7.89. The number of benzene rings is 1. The molecule has 3 rings (SSSR count). The summed E-state index contributed by atoms with van der Waals surface area (Å²) in [5.74, 6) is -1.41. The Morgan fingerprint density at radius 2 is 1.88 bits per heavy atom. The smallest absolute Gasteiger partial charge is 0.355 e. The summed E-state index contributed by atoms with van der Waals surface area (Å²) in [6.07, 6.45) is 2.64. The van der Waals surface area contributed by atoms with Crippen LogP contribution in [0.3, 0.4) is 0 Å². The Kier molecular flexibility index (Phi) is 7.50. The minimum Gasteiger partial charge on any atom is -0.451 e. The number of sulfonamides is 1. The van der Waals surface area contributed by atoms with Crippen LogP contribution in [0.4, 0.5) is 5.82 Å². The Labute approximate surface area is 197 Å². The predicted octanol–water partition coefficient (Wildman–Crippen LogP) is 1.91. The van der Waals surface area contributed by atoms with E-state index in [2.05, 4.69) is 10.4 Å². The number of ether oxygens (including phenoxy) is 1. The highest BCUT2D eigenvalue weighted by atomic mass is 32.2. The Balaban J connectivity index is 1.72. The molecule has 0 saturated heterocycles. The van der Waals surface area contributed by atoms with Crippen molar-refractivity contribution in [2.45, 2.75) is 18.7 Å². The summed E-state index contributed by atoms with van der Waals surface area (Å²) in [5.41, 5.74) is 0.741. The molecule has 1 aromatic carbocycles. The summed E-state index contributed by atoms with van der Waals surface area (Å²) in [7, 11) is -2.25. The van der Waals surface area contributed by atoms with Crippen LogP contribution in [0.5, 0.6) is 0 Å². The van der Waals surface area contributed by atoms with Crippen molar-refractivity contribution in [2.75, 3.05) is 25.0 Å². The number of carbonyl (C=O) groups is 2. The third-order valence-corrected chi connectivity index (χ3v) is 7.03. The molecule has 11 nitrogen and oxygen atoms in total. The van der Waals surface area contributed by atoms with Crippen LogP contribution >= 0.6 is 0 Å². The maximum atomic E-state index is 12.7. The molecular formula is C22H24N6O5S. The lowest BCUT2D eigenvalue weighted by Gasteiger charge is -2.17. The fourth-order valence-electron chi connectivity index (χ4n) is 3.28. The zero-order chi connectivity index (χ0) is 24.9. The van der Waals surface area contributed by atoms with Gasteiger partial charge in [0.2, 0.25) is 10.0 Å². The third kappa shape index (κ3) is 5.00. The minimum absolute atomic E-state index is 0.0226. The van der Waals surface area contributed by atoms with E-state index in [0.29, 0.717) is 5.69 Å². The molecule has 178 valence electrons. The van der Waals surface area contributed by atoms with Crippen molar-refractivity contribution in [3.05, 3.63) is 60.0 Å². The second-order valence-corrected chi connectivity index (χ2v) is 9.09. The van der Waals surface area contributed by atoms with Crippen molar-refractivity contribution in [2.24, 2.45) is 7.05 Å². The first kappa shape index (κ1) is 24.7. The number of hydrogen-bond acceptors (Lipinski definition) is 7. The van der Waals surface area contributed by atoms with Crippen molar-refractivity contribution in [3.8, 4) is 11.8 Å². The van der Waals surface area contributed by atoms with Crippen LogP contribution in [0.25, 0.3) is 5.69 Å². The van der Waals surface area contributed by atoms with Gasteiger partial charge in [0.05, 0.1) is 11.9 Å². The number of aromatic nitrogens is 3. The molecular weight excluding hydrogens is 460 g/mol. The standard InChI is InChI=1S/C22H24N6O5S/c1-4-27(5-2)34(31,32)18-11-19(26(3)14-18)22(30)33-15-20(29)25-21-16(12-23)13-24-28(21)17-9-7-6-8-10-17/h6-11,13-14H,4-5,15H2,1-3H3,(H,25,29). The first-order chi connectivity index (χ1) is 16.2. The van der Waals surface area contributed by atoms with E-state index in [1.54, 1.807) is 38.1 Å². The van der Waals surface area contributed by atoms with E-state index in [4.69, 9.17) is 4.74 Å². The predicted molar refractivity (Wildman–Crippen MR) is 123 cm³/mol. The highest BCUT2D eigenvalue weighted by Crippen LogP contribution is 2.21. The van der Waals surface area contributed by atoms with E-state index in [0.717, 1.165) is 0 Å². The molecule has 0 spiro atoms. The molecule has 0 aliphatic rings. The van der Waals surface area contributed by atoms with Gasteiger partial charge in [0.25, 0.3) is 5.91 Å². The molecule has 0 saturated carbocycles. The van der Waals surface area contributed by atoms with Crippen molar-refractivity contribution in [1.29, 1.82) is 5.26 Å². The van der Waals surface area contributed by atoms with E-state index in [9.17, 15) is 23.3 Å². The topological polar surface area (TPSA) is 139 Å². The molecule has 0 unspecified atom stereocenters. The molecule has 0 fully saturated rings. The average Bonchev–Trinajstić information content (AvgIpc) is 3.42. The van der Waals surface area contributed by atoms with Gasteiger partial charge in [-0.2, -0.15) is 14.7 Å². The maximum Gasteiger partial charge on any atom is 0.355 e. The molecule has 0 aliphatic heterocycles. The lowest BCUT2D eigenvalue weighted by Crippen LogP contribution is -2.30. The molecule has 0 atom stereocenters. The molecule has 3 aromatic rings. The Bertz CT molecular complexity index is 1330. The maximum absolute atomic E-state index is 12.7. The van der Waals surface area contributed by atoms with Gasteiger partial charge >= 0.3 is 5.97 Å². The zero-order valence-corrected chi connectivity index (χ0v) is 19.7. The van der Waals surface area contributed by atoms with Gasteiger partial charge in [0, 0.05) is 26.3 Å². The molecule has 0 radical (unpaired) electrons. The Morgan fingerprint density at radius 1 is 1.21 bits per heavy atom. The molecule has 0 bridgehead atoms. The monoisotopic (exact) mass is 484 g/mol. The number of nitrogens with zero attached hydrogens (tertiary/aromatic N) is 5. The lowest BCUT2D eigenvalue weighted by atomic mass is 10.3. The van der Waals surface area contributed by atoms with E-state index in [1.807, 2.05) is 12.1 Å². The summed E-state index contributed by atoms with van der Waals surface area (Å²) in [5, 5.41) is 16.0. The molecule has 2 aromatic heterocycles. The fourth-order valence-corrected chi connectivity index (χ4v) is 4.81. The van der Waals surface area contributed by atoms with Crippen LogP contribution in [0.2, 0.25) is 0 Å². The number of esters is 1. The minimum atomic E-state index is -3.76. The molecule has 0 aliphatic carbocycles. The lowest BCUT2D eigenvalue weighted by molar-refractivity contribution is -0.119. The number of nitriles is 1. The summed E-state index contributed by atoms with van der Waals surface area (Å²) in [4.78, 5) is 25.0. The molecule has 1 amide bonds. The molecule has 34 heavy (non-hydrogen) atoms. The number of para-hydroxylation sites is 1. The van der Waals surface area contributed by atoms with Crippen molar-refractivity contribution in [3.63, 3.8) is 0 Å². The number of nitrogens with one attached hydrogen (secondary N) is 1. The largest absolute Gasteiger partial charge is 0.451 e. The zero-order valence-electron chi connectivity index (χ0n) is 18.9. The molecule has 1 N–H and O–H groups in total. The van der Waals surface area contributed by atoms with Gasteiger partial charge in [-0.1, -0.05) is 32.0 Å². The summed E-state index contributed by atoms with van der Waals surface area (Å²) < 4.78 is 34.5. The second kappa shape index (κ2) is 10.3. The molecule has 12 heteroatoms. The summed E-state index contributed by atoms with van der Waals surface area (Å²) in [6, 6.07) is 12.1. The quantitative estimate of drug-likeness (QED) is 0.458. The van der Waals surface area contributed by atoms with Gasteiger partial charge in [-0.15, -0.1) is 0 Å². The Hall–Kier alpha value is -3.95. The number of amides is 1. The van der Waals surface area contributed by atoms with Crippen LogP contribution in [0.1, 0.15) is 29.9 Å². The van der Waals surface area contributed by atoms with Crippen LogP contribution in [-0.2, 0) is 26.6 Å². The number of anilines is 1. The van der Waals surface area contributed by atoms with Crippen LogP contribution in [-0.4, -0.2) is 58.6 Å². The van der Waals surface area contributed by atoms with Gasteiger partial charge < -0.3 is 14.6 Å². The third-order valence-electron chi connectivity index (χ3n) is 5.01. The number of hydrogen-bond donors (Lipinski definition) is 1. The molecule has 2 heterocycles. The van der Waals surface area contributed by atoms with Gasteiger partial charge in [0.1, 0.15) is 22.2 Å². The van der Waals surface area contributed by atoms with Gasteiger partial charge in [-0.3, -0.25) is 4.79 Å². The van der Waals surface area contributed by atoms with Gasteiger partial charge in [-0.05, 0) is 18.2 Å². The van der Waals surface area contributed by atoms with Crippen molar-refractivity contribution in [1.82, 2.24) is 18.7 Å². The van der Waals surface area contributed by atoms with Gasteiger partial charge in [-0.25, -0.2) is 17.9 Å². The second-order valence-electron chi connectivity index (χ2n) is 7.15. The fraction of sp³-hybridized carbons (Fsp3) is 0.273. The van der Waals surface area contributed by atoms with E-state index < -0.39 is 28.5 Å². The first-order valence-electron chi connectivity index (χ1n) is 10.4. The van der Waals surface area contributed by atoms with Crippen LogP contribution < -0.4 is 5.32 Å². The van der Waals surface area contributed by atoms with E-state index >= 15 is 0 Å². The average molecular weight is 485 g/mol. The van der Waals surface area contributed by atoms with Crippen LogP contribution in [0, 0.1) is 11.3 Å². The van der Waals surface area contributed by atoms with Crippen molar-refractivity contribution < 1.29 is 22.7 Å². The van der Waals surface area contributed by atoms with E-state index in [1.165, 1.54) is 39.1 Å². The Morgan fingerprint density at radius 3 is 2.50 bits per heavy atom. The summed E-state index contributed by atoms with van der Waals surface area (Å²) >= 11 is 0. The van der Waals surface area contributed by atoms with Gasteiger partial charge in [0.15, 0.2) is 12.4 Å². The first-order valence-corrected chi connectivity index (χ1v) is 11.8. The number of aryl methyl sites for hydroxylation is 1. The SMILES string of the molecule is CCN(CC)S(=O)(=O)c1cc(C(=O)OCC(=O)Nc2c(C#N)cnn2-c2ccccc2)n(C)c1.